The smallest absolute Gasteiger partial charge is 0.312 e. The van der Waals surface area contributed by atoms with Gasteiger partial charge in [-0.3, -0.25) is 0 Å². The van der Waals surface area contributed by atoms with Gasteiger partial charge in [0.2, 0.25) is 0 Å². The highest BCUT2D eigenvalue weighted by Gasteiger charge is 2.61. The molecule has 0 bridgehead atoms. The highest BCUT2D eigenvalue weighted by molar-refractivity contribution is 6.12. The van der Waals surface area contributed by atoms with Gasteiger partial charge in [-0.2, -0.15) is 8.78 Å². The molecule has 1 aliphatic heterocycles. The number of aliphatic hydroxyl groups is 2. The van der Waals surface area contributed by atoms with Crippen molar-refractivity contribution in [1.82, 2.24) is 0 Å². The van der Waals surface area contributed by atoms with Gasteiger partial charge in [0.15, 0.2) is 5.67 Å². The van der Waals surface area contributed by atoms with Crippen LogP contribution in [-0.2, 0) is 4.74 Å². The number of rotatable bonds is 2. The molecular weight excluding hydrogens is 224 g/mol. The Morgan fingerprint density at radius 2 is 2.19 bits per heavy atom. The summed E-state index contributed by atoms with van der Waals surface area (Å²) in [7, 11) is 1.29. The molecule has 90 valence electrons. The van der Waals surface area contributed by atoms with E-state index in [4.69, 9.17) is 9.84 Å². The van der Waals surface area contributed by atoms with Crippen LogP contribution >= 0.6 is 0 Å². The van der Waals surface area contributed by atoms with E-state index in [-0.39, 0.29) is 0 Å². The molecule has 1 unspecified atom stereocenters. The summed E-state index contributed by atoms with van der Waals surface area (Å²) in [6.07, 6.45) is -2.90. The van der Waals surface area contributed by atoms with Gasteiger partial charge in [0.25, 0.3) is 0 Å². The predicted molar refractivity (Wildman–Crippen MR) is 52.6 cm³/mol. The number of ether oxygens (including phenoxy) is 1. The first-order valence-electron chi connectivity index (χ1n) is 4.72. The zero-order valence-electron chi connectivity index (χ0n) is 8.88. The fourth-order valence-corrected chi connectivity index (χ4v) is 1.78. The standard InChI is InChI=1S/C9H12BF3O3/c1-8(15)5(4-14)16-7(10)9(8,13)3-2-6(11)12/h3,5,7,14-15H,4,10H2,1H3/t5-,7-,8+,9?/m1/s1. The quantitative estimate of drug-likeness (QED) is 0.512. The van der Waals surface area contributed by atoms with Crippen LogP contribution in [0, 0.1) is 0 Å². The topological polar surface area (TPSA) is 49.7 Å². The van der Waals surface area contributed by atoms with Crippen LogP contribution in [0.3, 0.4) is 0 Å². The minimum absolute atomic E-state index is 0.447. The Morgan fingerprint density at radius 1 is 1.62 bits per heavy atom. The van der Waals surface area contributed by atoms with Crippen LogP contribution < -0.4 is 0 Å². The van der Waals surface area contributed by atoms with Gasteiger partial charge in [0.1, 0.15) is 19.6 Å². The van der Waals surface area contributed by atoms with E-state index in [1.165, 1.54) is 13.6 Å². The number of hydrogen-bond donors (Lipinski definition) is 2. The summed E-state index contributed by atoms with van der Waals surface area (Å²) in [6, 6.07) is -1.15. The number of halogens is 3. The largest absolute Gasteiger partial charge is 0.394 e. The van der Waals surface area contributed by atoms with E-state index in [1.54, 1.807) is 0 Å². The Kier molecular flexibility index (Phi) is 3.54. The molecule has 1 aliphatic rings. The molecule has 0 aromatic heterocycles. The molecule has 4 atom stereocenters. The lowest BCUT2D eigenvalue weighted by atomic mass is 9.74. The summed E-state index contributed by atoms with van der Waals surface area (Å²) in [5, 5.41) is 18.8. The van der Waals surface area contributed by atoms with Crippen molar-refractivity contribution >= 4 is 7.85 Å². The van der Waals surface area contributed by atoms with E-state index in [1.807, 2.05) is 0 Å². The molecule has 1 heterocycles. The van der Waals surface area contributed by atoms with Crippen LogP contribution in [-0.4, -0.2) is 48.0 Å². The Labute approximate surface area is 91.6 Å². The molecule has 0 radical (unpaired) electrons. The normalized spacial score (nSPS) is 42.9. The third kappa shape index (κ3) is 1.91. The minimum atomic E-state index is -2.51. The van der Waals surface area contributed by atoms with E-state index >= 15 is 0 Å². The summed E-state index contributed by atoms with van der Waals surface area (Å²) >= 11 is 0. The first-order chi connectivity index (χ1) is 7.25. The first-order valence-corrected chi connectivity index (χ1v) is 4.72. The van der Waals surface area contributed by atoms with E-state index in [0.29, 0.717) is 6.08 Å². The van der Waals surface area contributed by atoms with Crippen molar-refractivity contribution in [2.24, 2.45) is 0 Å². The fourth-order valence-electron chi connectivity index (χ4n) is 1.78. The van der Waals surface area contributed by atoms with Gasteiger partial charge >= 0.3 is 6.08 Å². The molecule has 7 heteroatoms. The van der Waals surface area contributed by atoms with Gasteiger partial charge < -0.3 is 14.9 Å². The second-order valence-electron chi connectivity index (χ2n) is 3.91. The maximum Gasteiger partial charge on any atom is 0.312 e. The summed E-state index contributed by atoms with van der Waals surface area (Å²) < 4.78 is 43.0. The number of aliphatic hydroxyl groups excluding tert-OH is 1. The molecule has 0 amide bonds. The lowest BCUT2D eigenvalue weighted by Crippen LogP contribution is -2.53. The Morgan fingerprint density at radius 3 is 2.56 bits per heavy atom. The minimum Gasteiger partial charge on any atom is -0.394 e. The fraction of sp³-hybridized carbons (Fsp3) is 0.667. The van der Waals surface area contributed by atoms with Gasteiger partial charge in [0.05, 0.1) is 12.6 Å². The van der Waals surface area contributed by atoms with Crippen molar-refractivity contribution in [3.05, 3.63) is 17.9 Å². The molecule has 3 nitrogen and oxygen atoms in total. The molecule has 1 fully saturated rings. The Hall–Kier alpha value is -0.745. The second kappa shape index (κ2) is 4.26. The van der Waals surface area contributed by atoms with Crippen LogP contribution in [0.4, 0.5) is 13.2 Å². The average molecular weight is 236 g/mol. The molecule has 2 N–H and O–H groups in total. The molecule has 1 saturated heterocycles. The Bertz CT molecular complexity index is 337. The van der Waals surface area contributed by atoms with E-state index in [9.17, 15) is 18.3 Å². The van der Waals surface area contributed by atoms with Gasteiger partial charge in [-0.25, -0.2) is 4.39 Å². The monoisotopic (exact) mass is 236 g/mol. The van der Waals surface area contributed by atoms with Crippen LogP contribution in [0.25, 0.3) is 0 Å². The average Bonchev–Trinajstić information content (AvgIpc) is 2.36. The summed E-state index contributed by atoms with van der Waals surface area (Å²) in [5.41, 5.74) is -3.17. The van der Waals surface area contributed by atoms with Gasteiger partial charge in [0, 0.05) is 6.08 Å². The van der Waals surface area contributed by atoms with Gasteiger partial charge in [-0.15, -0.1) is 0 Å². The zero-order valence-corrected chi connectivity index (χ0v) is 8.88. The van der Waals surface area contributed by atoms with Crippen molar-refractivity contribution < 1.29 is 28.1 Å². The van der Waals surface area contributed by atoms with Crippen LogP contribution in [0.5, 0.6) is 0 Å². The molecule has 0 spiro atoms. The van der Waals surface area contributed by atoms with Gasteiger partial charge in [-0.1, -0.05) is 5.73 Å². The highest BCUT2D eigenvalue weighted by atomic mass is 19.3. The highest BCUT2D eigenvalue weighted by Crippen LogP contribution is 2.42. The van der Waals surface area contributed by atoms with Crippen LogP contribution in [0.2, 0.25) is 0 Å². The van der Waals surface area contributed by atoms with Crippen molar-refractivity contribution in [3.8, 4) is 0 Å². The van der Waals surface area contributed by atoms with Crippen molar-refractivity contribution in [3.63, 3.8) is 0 Å². The number of hydrogen-bond acceptors (Lipinski definition) is 3. The van der Waals surface area contributed by atoms with Gasteiger partial charge in [-0.05, 0) is 6.92 Å². The Balaban J connectivity index is 3.16. The third-order valence-electron chi connectivity index (χ3n) is 2.92. The molecule has 0 aromatic carbocycles. The first kappa shape index (κ1) is 13.3. The predicted octanol–water partition coefficient (Wildman–Crippen LogP) is -0.268. The maximum absolute atomic E-state index is 14.3. The van der Waals surface area contributed by atoms with E-state index in [0.717, 1.165) is 6.92 Å². The molecule has 0 aliphatic carbocycles. The summed E-state index contributed by atoms with van der Waals surface area (Å²) in [6.45, 7) is 0.490. The van der Waals surface area contributed by atoms with Crippen LogP contribution in [0.1, 0.15) is 6.92 Å². The molecule has 0 saturated carbocycles. The zero-order chi connectivity index (χ0) is 12.6. The van der Waals surface area contributed by atoms with Crippen LogP contribution in [0.15, 0.2) is 17.9 Å². The number of alkyl halides is 1. The summed E-state index contributed by atoms with van der Waals surface area (Å²) in [5.74, 6) is 0. The SMILES string of the molecule is B[C@@H]1O[C@H](CO)[C@](C)(O)C1(F)C=C=C(F)F. The van der Waals surface area contributed by atoms with Crippen molar-refractivity contribution in [2.45, 2.75) is 30.3 Å². The second-order valence-corrected chi connectivity index (χ2v) is 3.91. The molecular formula is C9H12BF3O3. The molecule has 16 heavy (non-hydrogen) atoms. The van der Waals surface area contributed by atoms with E-state index in [2.05, 4.69) is 0 Å². The maximum atomic E-state index is 14.3. The molecule has 0 aromatic rings. The van der Waals surface area contributed by atoms with Crippen molar-refractivity contribution in [2.75, 3.05) is 6.61 Å². The molecule has 1 rings (SSSR count). The van der Waals surface area contributed by atoms with Crippen molar-refractivity contribution in [1.29, 1.82) is 0 Å². The summed E-state index contributed by atoms with van der Waals surface area (Å²) in [4.78, 5) is 0. The lowest BCUT2D eigenvalue weighted by Gasteiger charge is -2.32. The van der Waals surface area contributed by atoms with E-state index < -0.39 is 36.1 Å². The lowest BCUT2D eigenvalue weighted by molar-refractivity contribution is -0.0807. The third-order valence-corrected chi connectivity index (χ3v) is 2.92.